The van der Waals surface area contributed by atoms with E-state index in [-0.39, 0.29) is 22.7 Å². The number of carbonyl (C=O) groups excluding carboxylic acids is 1. The summed E-state index contributed by atoms with van der Waals surface area (Å²) in [5.74, 6) is 0.424. The zero-order valence-electron chi connectivity index (χ0n) is 22.9. The summed E-state index contributed by atoms with van der Waals surface area (Å²) in [6.07, 6.45) is 2.41. The standard InChI is InChI=1S/C33H37F3N2O/c1-22(2)24-11-13-27-25(19-24)12-14-29-31(27,3)15-7-16-32(29,21-38-30(39)28-10-4-5-17-37-28)20-23-8-6-9-26(18-23)33(34,35)36/h4-6,8-11,13,17-19,22,29H,7,12,14-16,20-21H2,1-3H3,(H,38,39)/t29-,31-,32-/m1/s1. The number of rotatable bonds is 6. The van der Waals surface area contributed by atoms with Gasteiger partial charge in [0.25, 0.3) is 5.91 Å². The van der Waals surface area contributed by atoms with Gasteiger partial charge < -0.3 is 5.32 Å². The highest BCUT2D eigenvalue weighted by molar-refractivity contribution is 5.92. The van der Waals surface area contributed by atoms with Gasteiger partial charge in [0.05, 0.1) is 5.56 Å². The third-order valence-corrected chi connectivity index (χ3v) is 9.30. The minimum Gasteiger partial charge on any atom is -0.350 e. The monoisotopic (exact) mass is 534 g/mol. The third kappa shape index (κ3) is 5.35. The van der Waals surface area contributed by atoms with Crippen LogP contribution in [0.3, 0.4) is 0 Å². The lowest BCUT2D eigenvalue weighted by molar-refractivity contribution is -0.137. The molecule has 206 valence electrons. The molecule has 2 aliphatic carbocycles. The fraction of sp³-hybridized carbons (Fsp3) is 0.455. The summed E-state index contributed by atoms with van der Waals surface area (Å²) in [5.41, 5.74) is 4.00. The molecule has 2 aliphatic rings. The van der Waals surface area contributed by atoms with Crippen LogP contribution in [0.25, 0.3) is 0 Å². The van der Waals surface area contributed by atoms with Crippen LogP contribution in [0, 0.1) is 11.3 Å². The number of halogens is 3. The second-order valence-corrected chi connectivity index (χ2v) is 12.1. The van der Waals surface area contributed by atoms with E-state index in [1.807, 2.05) is 0 Å². The van der Waals surface area contributed by atoms with Crippen molar-refractivity contribution in [3.63, 3.8) is 0 Å². The molecule has 6 heteroatoms. The SMILES string of the molecule is CC(C)c1ccc2c(c1)CC[C@H]1[C@@](CNC(=O)c3ccccn3)(Cc3cccc(C(F)(F)F)c3)CCC[C@]21C. The molecule has 0 aliphatic heterocycles. The van der Waals surface area contributed by atoms with Crippen molar-refractivity contribution in [2.45, 2.75) is 76.8 Å². The molecule has 1 amide bonds. The Morgan fingerprint density at radius 3 is 2.62 bits per heavy atom. The van der Waals surface area contributed by atoms with E-state index >= 15 is 0 Å². The van der Waals surface area contributed by atoms with Crippen LogP contribution in [0.5, 0.6) is 0 Å². The Bertz CT molecular complexity index is 1340. The molecule has 0 saturated heterocycles. The Morgan fingerprint density at radius 1 is 1.08 bits per heavy atom. The minimum absolute atomic E-state index is 0.112. The number of nitrogens with zero attached hydrogens (tertiary/aromatic N) is 1. The lowest BCUT2D eigenvalue weighted by Crippen LogP contribution is -2.55. The summed E-state index contributed by atoms with van der Waals surface area (Å²) in [6.45, 7) is 7.16. The maximum absolute atomic E-state index is 13.6. The normalized spacial score (nSPS) is 24.6. The van der Waals surface area contributed by atoms with Gasteiger partial charge in [-0.2, -0.15) is 13.2 Å². The lowest BCUT2D eigenvalue weighted by Gasteiger charge is -2.57. The largest absolute Gasteiger partial charge is 0.416 e. The topological polar surface area (TPSA) is 42.0 Å². The molecule has 0 radical (unpaired) electrons. The second kappa shape index (κ2) is 10.4. The van der Waals surface area contributed by atoms with Crippen LogP contribution >= 0.6 is 0 Å². The van der Waals surface area contributed by atoms with Crippen LogP contribution < -0.4 is 5.32 Å². The number of hydrogen-bond donors (Lipinski definition) is 1. The number of aryl methyl sites for hydroxylation is 1. The average Bonchev–Trinajstić information content (AvgIpc) is 2.91. The van der Waals surface area contributed by atoms with Gasteiger partial charge in [-0.1, -0.05) is 69.7 Å². The molecule has 3 atom stereocenters. The molecule has 1 N–H and O–H groups in total. The number of pyridine rings is 1. The Balaban J connectivity index is 1.53. The van der Waals surface area contributed by atoms with Crippen molar-refractivity contribution in [3.8, 4) is 0 Å². The molecule has 0 bridgehead atoms. The van der Waals surface area contributed by atoms with E-state index in [4.69, 9.17) is 0 Å². The van der Waals surface area contributed by atoms with E-state index in [1.165, 1.54) is 28.8 Å². The van der Waals surface area contributed by atoms with Crippen molar-refractivity contribution in [3.05, 3.63) is 100 Å². The number of alkyl halides is 3. The van der Waals surface area contributed by atoms with Crippen molar-refractivity contribution in [1.82, 2.24) is 10.3 Å². The molecule has 39 heavy (non-hydrogen) atoms. The summed E-state index contributed by atoms with van der Waals surface area (Å²) in [5, 5.41) is 3.15. The molecular formula is C33H37F3N2O. The first kappa shape index (κ1) is 27.4. The summed E-state index contributed by atoms with van der Waals surface area (Å²) in [4.78, 5) is 17.3. The Morgan fingerprint density at radius 2 is 1.90 bits per heavy atom. The van der Waals surface area contributed by atoms with Gasteiger partial charge in [-0.05, 0) is 95.2 Å². The number of amides is 1. The zero-order chi connectivity index (χ0) is 27.8. The minimum atomic E-state index is -4.39. The van der Waals surface area contributed by atoms with Gasteiger partial charge in [0.15, 0.2) is 0 Å². The number of aromatic nitrogens is 1. The molecule has 1 saturated carbocycles. The quantitative estimate of drug-likeness (QED) is 0.349. The van der Waals surface area contributed by atoms with Crippen molar-refractivity contribution in [2.24, 2.45) is 11.3 Å². The smallest absolute Gasteiger partial charge is 0.350 e. The summed E-state index contributed by atoms with van der Waals surface area (Å²) >= 11 is 0. The van der Waals surface area contributed by atoms with E-state index in [0.717, 1.165) is 38.2 Å². The molecule has 3 aromatic rings. The molecular weight excluding hydrogens is 497 g/mol. The van der Waals surface area contributed by atoms with Gasteiger partial charge in [0.1, 0.15) is 5.69 Å². The zero-order valence-corrected chi connectivity index (χ0v) is 22.9. The average molecular weight is 535 g/mol. The van der Waals surface area contributed by atoms with E-state index in [9.17, 15) is 18.0 Å². The van der Waals surface area contributed by atoms with Gasteiger partial charge in [0.2, 0.25) is 0 Å². The predicted molar refractivity (Wildman–Crippen MR) is 148 cm³/mol. The van der Waals surface area contributed by atoms with Gasteiger partial charge in [0, 0.05) is 12.7 Å². The fourth-order valence-electron chi connectivity index (χ4n) is 7.41. The Hall–Kier alpha value is -3.15. The molecule has 1 aromatic heterocycles. The predicted octanol–water partition coefficient (Wildman–Crippen LogP) is 7.89. The maximum atomic E-state index is 13.6. The highest BCUT2D eigenvalue weighted by Crippen LogP contribution is 2.58. The number of hydrogen-bond acceptors (Lipinski definition) is 2. The van der Waals surface area contributed by atoms with Crippen molar-refractivity contribution in [2.75, 3.05) is 6.54 Å². The molecule has 1 fully saturated rings. The number of nitrogens with one attached hydrogen (secondary N) is 1. The van der Waals surface area contributed by atoms with Crippen LogP contribution in [-0.4, -0.2) is 17.4 Å². The van der Waals surface area contributed by atoms with Gasteiger partial charge in [-0.3, -0.25) is 9.78 Å². The molecule has 3 nitrogen and oxygen atoms in total. The Kier molecular flexibility index (Phi) is 7.34. The first-order valence-electron chi connectivity index (χ1n) is 14.0. The van der Waals surface area contributed by atoms with E-state index in [1.54, 1.807) is 30.5 Å². The first-order valence-corrected chi connectivity index (χ1v) is 14.0. The molecule has 2 aromatic carbocycles. The first-order chi connectivity index (χ1) is 18.5. The van der Waals surface area contributed by atoms with Crippen LogP contribution in [0.2, 0.25) is 0 Å². The van der Waals surface area contributed by atoms with Crippen LogP contribution in [-0.2, 0) is 24.4 Å². The maximum Gasteiger partial charge on any atom is 0.416 e. The van der Waals surface area contributed by atoms with E-state index in [2.05, 4.69) is 49.3 Å². The summed E-state index contributed by atoms with van der Waals surface area (Å²) in [7, 11) is 0. The summed E-state index contributed by atoms with van der Waals surface area (Å²) < 4.78 is 40.8. The van der Waals surface area contributed by atoms with Crippen molar-refractivity contribution in [1.29, 1.82) is 0 Å². The van der Waals surface area contributed by atoms with Crippen LogP contribution in [0.15, 0.2) is 66.9 Å². The number of fused-ring (bicyclic) bond motifs is 3. The van der Waals surface area contributed by atoms with Gasteiger partial charge in [-0.25, -0.2) is 0 Å². The van der Waals surface area contributed by atoms with Crippen molar-refractivity contribution >= 4 is 5.91 Å². The highest BCUT2D eigenvalue weighted by atomic mass is 19.4. The van der Waals surface area contributed by atoms with Crippen LogP contribution in [0.1, 0.15) is 90.7 Å². The van der Waals surface area contributed by atoms with E-state index < -0.39 is 11.7 Å². The van der Waals surface area contributed by atoms with Crippen molar-refractivity contribution < 1.29 is 18.0 Å². The molecule has 0 unspecified atom stereocenters. The molecule has 1 heterocycles. The Labute approximate surface area is 229 Å². The third-order valence-electron chi connectivity index (χ3n) is 9.30. The lowest BCUT2D eigenvalue weighted by atomic mass is 9.48. The number of benzene rings is 2. The van der Waals surface area contributed by atoms with Crippen LogP contribution in [0.4, 0.5) is 13.2 Å². The van der Waals surface area contributed by atoms with Gasteiger partial charge >= 0.3 is 6.18 Å². The highest BCUT2D eigenvalue weighted by Gasteiger charge is 2.53. The summed E-state index contributed by atoms with van der Waals surface area (Å²) in [6, 6.07) is 17.8. The van der Waals surface area contributed by atoms with Gasteiger partial charge in [-0.15, -0.1) is 0 Å². The molecule has 0 spiro atoms. The molecule has 5 rings (SSSR count). The second-order valence-electron chi connectivity index (χ2n) is 12.1. The number of carbonyl (C=O) groups is 1. The van der Waals surface area contributed by atoms with E-state index in [0.29, 0.717) is 30.1 Å². The fourth-order valence-corrected chi connectivity index (χ4v) is 7.41.